The zero-order valence-corrected chi connectivity index (χ0v) is 32.4. The van der Waals surface area contributed by atoms with Gasteiger partial charge in [-0.25, -0.2) is 0 Å². The van der Waals surface area contributed by atoms with Gasteiger partial charge in [-0.05, 0) is 62.6 Å². The van der Waals surface area contributed by atoms with Crippen LogP contribution in [0.4, 0.5) is 0 Å². The predicted molar refractivity (Wildman–Crippen MR) is 205 cm³/mol. The van der Waals surface area contributed by atoms with Gasteiger partial charge in [0, 0.05) is 32.6 Å². The van der Waals surface area contributed by atoms with Gasteiger partial charge in [-0.15, -0.1) is 0 Å². The van der Waals surface area contributed by atoms with Crippen LogP contribution in [0.5, 0.6) is 0 Å². The number of ketones is 1. The fourth-order valence-electron chi connectivity index (χ4n) is 6.57. The minimum Gasteiger partial charge on any atom is -0.361 e. The summed E-state index contributed by atoms with van der Waals surface area (Å²) in [6.07, 6.45) is 1.80. The highest BCUT2D eigenvalue weighted by molar-refractivity contribution is 5.98. The monoisotopic (exact) mass is 732 g/mol. The molecule has 0 radical (unpaired) electrons. The van der Waals surface area contributed by atoms with E-state index in [9.17, 15) is 24.0 Å². The van der Waals surface area contributed by atoms with Crippen LogP contribution in [0.2, 0.25) is 0 Å². The number of piperazine rings is 1. The van der Waals surface area contributed by atoms with Gasteiger partial charge in [0.05, 0.1) is 19.2 Å². The van der Waals surface area contributed by atoms with Gasteiger partial charge in [0.2, 0.25) is 23.6 Å². The Bertz CT molecular complexity index is 1510. The van der Waals surface area contributed by atoms with Gasteiger partial charge in [0.25, 0.3) is 0 Å². The van der Waals surface area contributed by atoms with Crippen LogP contribution in [0.3, 0.4) is 0 Å². The third-order valence-corrected chi connectivity index (χ3v) is 9.87. The van der Waals surface area contributed by atoms with E-state index >= 15 is 0 Å². The summed E-state index contributed by atoms with van der Waals surface area (Å²) in [5.74, 6) is -1.76. The molecule has 4 N–H and O–H groups in total. The fourth-order valence-corrected chi connectivity index (χ4v) is 6.57. The number of hydrogen-bond donors (Lipinski definition) is 4. The summed E-state index contributed by atoms with van der Waals surface area (Å²) in [4.78, 5) is 73.0. The van der Waals surface area contributed by atoms with Crippen molar-refractivity contribution in [2.24, 2.45) is 11.8 Å². The maximum absolute atomic E-state index is 14.1. The fraction of sp³-hybridized carbons (Fsp3) is 0.585. The van der Waals surface area contributed by atoms with Crippen LogP contribution >= 0.6 is 0 Å². The quantitative estimate of drug-likeness (QED) is 0.152. The highest BCUT2D eigenvalue weighted by atomic mass is 16.6. The van der Waals surface area contributed by atoms with Gasteiger partial charge in [0.15, 0.2) is 5.78 Å². The SMILES string of the molecule is CC(C)CC(NC(=O)[C@H](CCc1ccccc1)NC(=O)CN1CCN(C)CC1)C(=O)N[C@@H](Cc1ccccc1)C(=O)NC(CC(C)C)C(=O)C1(C)CO1. The van der Waals surface area contributed by atoms with E-state index in [-0.39, 0.29) is 36.5 Å². The number of amides is 4. The standard InChI is InChI=1S/C41H60N6O6/c1-28(2)23-33(37(49)41(5)27-53-41)43-40(52)35(25-31-15-11-8-12-16-31)45-39(51)34(24-29(3)4)44-38(50)32(18-17-30-13-9-7-10-14-30)42-36(48)26-47-21-19-46(6)20-22-47/h7-16,28-29,32-35H,17-27H2,1-6H3,(H,42,48)(H,43,52)(H,44,50)(H,45,51)/t32-,33?,34?,35-,41?/m0/s1. The molecule has 2 aromatic carbocycles. The Balaban J connectivity index is 1.51. The Morgan fingerprint density at radius 2 is 1.17 bits per heavy atom. The van der Waals surface area contributed by atoms with E-state index in [1.165, 1.54) is 0 Å². The number of nitrogens with zero attached hydrogens (tertiary/aromatic N) is 2. The van der Waals surface area contributed by atoms with Crippen LogP contribution in [0, 0.1) is 11.8 Å². The minimum absolute atomic E-state index is 0.0226. The number of ether oxygens (including phenoxy) is 1. The lowest BCUT2D eigenvalue weighted by Crippen LogP contribution is -2.59. The molecular formula is C41H60N6O6. The molecule has 53 heavy (non-hydrogen) atoms. The predicted octanol–water partition coefficient (Wildman–Crippen LogP) is 2.50. The zero-order valence-electron chi connectivity index (χ0n) is 32.4. The Morgan fingerprint density at radius 3 is 1.74 bits per heavy atom. The van der Waals surface area contributed by atoms with Crippen molar-refractivity contribution >= 4 is 29.4 Å². The van der Waals surface area contributed by atoms with Crippen molar-refractivity contribution in [3.63, 3.8) is 0 Å². The summed E-state index contributed by atoms with van der Waals surface area (Å²) in [6.45, 7) is 13.3. The van der Waals surface area contributed by atoms with Crippen LogP contribution in [0.25, 0.3) is 0 Å². The summed E-state index contributed by atoms with van der Waals surface area (Å²) >= 11 is 0. The largest absolute Gasteiger partial charge is 0.361 e. The molecule has 2 fully saturated rings. The van der Waals surface area contributed by atoms with E-state index in [0.717, 1.165) is 37.3 Å². The van der Waals surface area contributed by atoms with Crippen molar-refractivity contribution in [1.29, 1.82) is 0 Å². The number of aryl methyl sites for hydroxylation is 1. The van der Waals surface area contributed by atoms with Gasteiger partial charge >= 0.3 is 0 Å². The van der Waals surface area contributed by atoms with Gasteiger partial charge in [-0.2, -0.15) is 0 Å². The average Bonchev–Trinajstić information content (AvgIpc) is 3.88. The molecule has 2 heterocycles. The highest BCUT2D eigenvalue weighted by Crippen LogP contribution is 2.29. The summed E-state index contributed by atoms with van der Waals surface area (Å²) in [5, 5.41) is 11.7. The first-order chi connectivity index (χ1) is 25.2. The first kappa shape index (κ1) is 41.6. The number of Topliss-reactive ketones (excluding diaryl/α,β-unsaturated/α-hetero) is 1. The smallest absolute Gasteiger partial charge is 0.243 e. The number of rotatable bonds is 20. The lowest BCUT2D eigenvalue weighted by molar-refractivity contribution is -0.135. The Hall–Kier alpha value is -4.13. The van der Waals surface area contributed by atoms with E-state index in [1.807, 2.05) is 88.4 Å². The second-order valence-electron chi connectivity index (χ2n) is 15.7. The first-order valence-electron chi connectivity index (χ1n) is 19.1. The Labute approximate surface area is 315 Å². The van der Waals surface area contributed by atoms with Gasteiger partial charge in [-0.3, -0.25) is 28.9 Å². The van der Waals surface area contributed by atoms with Gasteiger partial charge in [-0.1, -0.05) is 88.4 Å². The summed E-state index contributed by atoms with van der Waals surface area (Å²) < 4.78 is 5.41. The molecule has 2 aromatic rings. The molecule has 12 heteroatoms. The van der Waals surface area contributed by atoms with Crippen LogP contribution in [0.1, 0.15) is 65.0 Å². The van der Waals surface area contributed by atoms with Crippen molar-refractivity contribution < 1.29 is 28.7 Å². The molecule has 0 spiro atoms. The lowest BCUT2D eigenvalue weighted by atomic mass is 9.93. The lowest BCUT2D eigenvalue weighted by Gasteiger charge is -2.32. The van der Waals surface area contributed by atoms with Crippen molar-refractivity contribution in [2.75, 3.05) is 46.4 Å². The number of epoxide rings is 1. The molecule has 0 saturated carbocycles. The molecule has 0 aromatic heterocycles. The number of nitrogens with one attached hydrogen (secondary N) is 4. The van der Waals surface area contributed by atoms with E-state index in [1.54, 1.807) is 6.92 Å². The van der Waals surface area contributed by atoms with Crippen molar-refractivity contribution in [1.82, 2.24) is 31.1 Å². The van der Waals surface area contributed by atoms with Crippen LogP contribution in [-0.4, -0.2) is 115 Å². The van der Waals surface area contributed by atoms with Crippen LogP contribution < -0.4 is 21.3 Å². The number of carbonyl (C=O) groups is 5. The average molecular weight is 733 g/mol. The molecule has 0 bridgehead atoms. The van der Waals surface area contributed by atoms with Crippen molar-refractivity contribution in [2.45, 2.75) is 96.5 Å². The van der Waals surface area contributed by atoms with Crippen molar-refractivity contribution in [3.8, 4) is 0 Å². The van der Waals surface area contributed by atoms with Crippen LogP contribution in [0.15, 0.2) is 60.7 Å². The third-order valence-electron chi connectivity index (χ3n) is 9.87. The number of benzene rings is 2. The molecule has 2 aliphatic heterocycles. The molecule has 5 atom stereocenters. The Kier molecular flexibility index (Phi) is 15.6. The normalized spacial score (nSPS) is 19.8. The number of hydrogen-bond acceptors (Lipinski definition) is 8. The first-order valence-corrected chi connectivity index (χ1v) is 19.1. The summed E-state index contributed by atoms with van der Waals surface area (Å²) in [6, 6.07) is 15.4. The molecule has 3 unspecified atom stereocenters. The number of likely N-dealkylation sites (N-methyl/N-ethyl adjacent to an activating group) is 1. The molecular weight excluding hydrogens is 672 g/mol. The van der Waals surface area contributed by atoms with E-state index in [4.69, 9.17) is 4.74 Å². The van der Waals surface area contributed by atoms with E-state index in [0.29, 0.717) is 32.3 Å². The molecule has 4 amide bonds. The minimum atomic E-state index is -1.02. The molecule has 2 saturated heterocycles. The second-order valence-corrected chi connectivity index (χ2v) is 15.7. The summed E-state index contributed by atoms with van der Waals surface area (Å²) in [7, 11) is 2.05. The van der Waals surface area contributed by atoms with E-state index < -0.39 is 47.5 Å². The highest BCUT2D eigenvalue weighted by Gasteiger charge is 2.50. The van der Waals surface area contributed by atoms with Crippen molar-refractivity contribution in [3.05, 3.63) is 71.8 Å². The van der Waals surface area contributed by atoms with Crippen LogP contribution in [-0.2, 0) is 41.6 Å². The van der Waals surface area contributed by atoms with Gasteiger partial charge in [0.1, 0.15) is 23.7 Å². The third kappa shape index (κ3) is 13.7. The summed E-state index contributed by atoms with van der Waals surface area (Å²) in [5.41, 5.74) is 0.932. The zero-order chi connectivity index (χ0) is 38.5. The molecule has 12 nitrogen and oxygen atoms in total. The van der Waals surface area contributed by atoms with Gasteiger partial charge < -0.3 is 30.9 Å². The van der Waals surface area contributed by atoms with E-state index in [2.05, 4.69) is 38.1 Å². The number of carbonyl (C=O) groups excluding carboxylic acids is 5. The molecule has 4 rings (SSSR count). The molecule has 0 aliphatic carbocycles. The topological polar surface area (TPSA) is 152 Å². The maximum atomic E-state index is 14.1. The molecule has 2 aliphatic rings. The Morgan fingerprint density at radius 1 is 0.679 bits per heavy atom. The maximum Gasteiger partial charge on any atom is 0.243 e. The molecule has 290 valence electrons. The second kappa shape index (κ2) is 19.8.